The van der Waals surface area contributed by atoms with Gasteiger partial charge in [0.25, 0.3) is 5.69 Å². The normalized spacial score (nSPS) is 27.1. The molecule has 1 aromatic rings. The van der Waals surface area contributed by atoms with Crippen LogP contribution in [0.15, 0.2) is 24.3 Å². The van der Waals surface area contributed by atoms with Gasteiger partial charge < -0.3 is 9.64 Å². The first-order valence-electron chi connectivity index (χ1n) is 10.6. The Balaban J connectivity index is 1.42. The summed E-state index contributed by atoms with van der Waals surface area (Å²) in [6.07, 6.45) is 0.750. The molecule has 2 bridgehead atoms. The van der Waals surface area contributed by atoms with E-state index in [0.29, 0.717) is 24.6 Å². The Hall–Kier alpha value is -2.66. The van der Waals surface area contributed by atoms with Gasteiger partial charge in [-0.1, -0.05) is 11.8 Å². The summed E-state index contributed by atoms with van der Waals surface area (Å²) < 4.78 is 5.43. The molecule has 10 nitrogen and oxygen atoms in total. The molecule has 0 aromatic heterocycles. The molecule has 4 rings (SSSR count). The van der Waals surface area contributed by atoms with E-state index in [2.05, 4.69) is 11.9 Å². The van der Waals surface area contributed by atoms with Gasteiger partial charge >= 0.3 is 6.09 Å². The van der Waals surface area contributed by atoms with E-state index in [4.69, 9.17) is 4.74 Å². The molecule has 2 amide bonds. The van der Waals surface area contributed by atoms with Gasteiger partial charge in [-0.15, -0.1) is 0 Å². The number of nitro benzene ring substituents is 1. The van der Waals surface area contributed by atoms with E-state index in [9.17, 15) is 24.5 Å². The lowest BCUT2D eigenvalue weighted by Crippen LogP contribution is -2.53. The topological polar surface area (TPSA) is 113 Å². The van der Waals surface area contributed by atoms with Crippen LogP contribution in [0, 0.1) is 10.1 Å². The number of fused-ring (bicyclic) bond motifs is 2. The summed E-state index contributed by atoms with van der Waals surface area (Å²) in [6.45, 7) is 3.18. The third-order valence-corrected chi connectivity index (χ3v) is 7.43. The molecule has 32 heavy (non-hydrogen) atoms. The second-order valence-corrected chi connectivity index (χ2v) is 10.1. The van der Waals surface area contributed by atoms with Crippen LogP contribution >= 0.6 is 11.8 Å². The Bertz CT molecular complexity index is 923. The summed E-state index contributed by atoms with van der Waals surface area (Å²) in [6, 6.07) is 5.63. The number of hydrogen-bond acceptors (Lipinski definition) is 8. The van der Waals surface area contributed by atoms with E-state index in [0.717, 1.165) is 24.7 Å². The molecule has 0 aliphatic carbocycles. The molecule has 0 unspecified atom stereocenters. The highest BCUT2D eigenvalue weighted by molar-refractivity contribution is 8.14. The number of amides is 2. The number of nitrogens with zero attached hydrogens (tertiary/aromatic N) is 4. The zero-order valence-electron chi connectivity index (χ0n) is 18.0. The van der Waals surface area contributed by atoms with Gasteiger partial charge in [-0.25, -0.2) is 4.79 Å². The Labute approximate surface area is 190 Å². The van der Waals surface area contributed by atoms with Crippen LogP contribution in [-0.4, -0.2) is 86.8 Å². The van der Waals surface area contributed by atoms with Crippen molar-refractivity contribution in [2.75, 3.05) is 26.7 Å². The van der Waals surface area contributed by atoms with Crippen molar-refractivity contribution >= 4 is 34.6 Å². The number of nitro groups is 1. The van der Waals surface area contributed by atoms with Crippen molar-refractivity contribution in [3.05, 3.63) is 39.9 Å². The van der Waals surface area contributed by atoms with Crippen LogP contribution in [0.3, 0.4) is 0 Å². The highest BCUT2D eigenvalue weighted by Gasteiger charge is 2.49. The number of carbonyl (C=O) groups is 3. The lowest BCUT2D eigenvalue weighted by atomic mass is 10.1. The monoisotopic (exact) mass is 462 g/mol. The quantitative estimate of drug-likeness (QED) is 0.481. The van der Waals surface area contributed by atoms with E-state index < -0.39 is 17.1 Å². The molecule has 11 heteroatoms. The fourth-order valence-electron chi connectivity index (χ4n) is 4.82. The molecular formula is C21H26N4O6S. The Morgan fingerprint density at radius 1 is 1.09 bits per heavy atom. The molecule has 3 aliphatic heterocycles. The minimum absolute atomic E-state index is 0.0417. The molecule has 0 radical (unpaired) electrons. The summed E-state index contributed by atoms with van der Waals surface area (Å²) in [5.41, 5.74) is 0.570. The smallest absolute Gasteiger partial charge is 0.410 e. The van der Waals surface area contributed by atoms with Gasteiger partial charge in [0.1, 0.15) is 12.6 Å². The third-order valence-electron chi connectivity index (χ3n) is 6.42. The van der Waals surface area contributed by atoms with Gasteiger partial charge in [0.2, 0.25) is 5.91 Å². The van der Waals surface area contributed by atoms with E-state index >= 15 is 0 Å². The molecule has 4 atom stereocenters. The second kappa shape index (κ2) is 9.07. The van der Waals surface area contributed by atoms with Gasteiger partial charge in [0.15, 0.2) is 5.12 Å². The first-order chi connectivity index (χ1) is 15.2. The second-order valence-electron chi connectivity index (χ2n) is 8.59. The van der Waals surface area contributed by atoms with Crippen LogP contribution in [0.25, 0.3) is 0 Å². The maximum absolute atomic E-state index is 13.4. The maximum Gasteiger partial charge on any atom is 0.410 e. The highest BCUT2D eigenvalue weighted by atomic mass is 32.2. The van der Waals surface area contributed by atoms with Crippen molar-refractivity contribution in [3.63, 3.8) is 0 Å². The summed E-state index contributed by atoms with van der Waals surface area (Å²) in [7, 11) is 2.06. The molecule has 172 valence electrons. The molecule has 0 saturated carbocycles. The number of thioether (sulfide) groups is 1. The molecule has 3 heterocycles. The number of hydrogen-bond donors (Lipinski definition) is 0. The number of likely N-dealkylation sites (tertiary alicyclic amines) is 3. The molecule has 3 fully saturated rings. The van der Waals surface area contributed by atoms with Crippen molar-refractivity contribution in [1.82, 2.24) is 14.7 Å². The number of likely N-dealkylation sites (N-methyl/N-ethyl adjacent to an activating group) is 1. The van der Waals surface area contributed by atoms with Crippen LogP contribution in [0.5, 0.6) is 0 Å². The minimum Gasteiger partial charge on any atom is -0.445 e. The number of non-ortho nitro benzene ring substituents is 1. The predicted molar refractivity (Wildman–Crippen MR) is 117 cm³/mol. The SMILES string of the molecule is CC(=O)S[C@H]1C[C@@H](C(=O)N2C[C@@H]3C[C@H]2CN3C)N(C(=O)OCc2ccc([N+](=O)[O-])cc2)C1. The predicted octanol–water partition coefficient (Wildman–Crippen LogP) is 1.87. The number of piperazine rings is 1. The highest BCUT2D eigenvalue weighted by Crippen LogP contribution is 2.34. The van der Waals surface area contributed by atoms with E-state index in [-0.39, 0.29) is 41.2 Å². The standard InChI is InChI=1S/C21H26N4O6S/c1-13(26)32-18-8-19(20(27)23-10-16-7-17(23)9-22(16)2)24(11-18)21(28)31-12-14-3-5-15(6-4-14)25(29)30/h3-6,16-19H,7-12H2,1-2H3/t16-,17-,18-,19-/m0/s1. The Morgan fingerprint density at radius 3 is 2.38 bits per heavy atom. The van der Waals surface area contributed by atoms with Gasteiger partial charge in [0.05, 0.1) is 4.92 Å². The molecule has 3 saturated heterocycles. The van der Waals surface area contributed by atoms with Crippen LogP contribution in [0.4, 0.5) is 10.5 Å². The van der Waals surface area contributed by atoms with Crippen molar-refractivity contribution in [1.29, 1.82) is 0 Å². The van der Waals surface area contributed by atoms with Gasteiger partial charge in [-0.2, -0.15) is 0 Å². The molecule has 3 aliphatic rings. The average molecular weight is 463 g/mol. The summed E-state index contributed by atoms with van der Waals surface area (Å²) in [5, 5.41) is 10.6. The van der Waals surface area contributed by atoms with E-state index in [1.165, 1.54) is 36.1 Å². The van der Waals surface area contributed by atoms with Crippen molar-refractivity contribution < 1.29 is 24.0 Å². The zero-order valence-corrected chi connectivity index (χ0v) is 18.8. The molecular weight excluding hydrogens is 436 g/mol. The van der Waals surface area contributed by atoms with Crippen LogP contribution in [-0.2, 0) is 20.9 Å². The summed E-state index contributed by atoms with van der Waals surface area (Å²) >= 11 is 1.15. The fourth-order valence-corrected chi connectivity index (χ4v) is 5.81. The van der Waals surface area contributed by atoms with Crippen molar-refractivity contribution in [2.45, 2.75) is 49.7 Å². The lowest BCUT2D eigenvalue weighted by molar-refractivity contribution is -0.384. The van der Waals surface area contributed by atoms with Gasteiger partial charge in [-0.05, 0) is 37.6 Å². The summed E-state index contributed by atoms with van der Waals surface area (Å²) in [4.78, 5) is 53.7. The lowest BCUT2D eigenvalue weighted by Gasteiger charge is -2.35. The van der Waals surface area contributed by atoms with Crippen LogP contribution in [0.2, 0.25) is 0 Å². The van der Waals surface area contributed by atoms with Crippen LogP contribution < -0.4 is 0 Å². The zero-order chi connectivity index (χ0) is 23.0. The maximum atomic E-state index is 13.4. The first-order valence-corrected chi connectivity index (χ1v) is 11.5. The van der Waals surface area contributed by atoms with Crippen molar-refractivity contribution in [2.24, 2.45) is 0 Å². The van der Waals surface area contributed by atoms with Crippen molar-refractivity contribution in [3.8, 4) is 0 Å². The van der Waals surface area contributed by atoms with Gasteiger partial charge in [0, 0.05) is 56.0 Å². The molecule has 0 N–H and O–H groups in total. The number of ether oxygens (including phenoxy) is 1. The number of benzene rings is 1. The Morgan fingerprint density at radius 2 is 1.81 bits per heavy atom. The van der Waals surface area contributed by atoms with E-state index in [1.54, 1.807) is 0 Å². The summed E-state index contributed by atoms with van der Waals surface area (Å²) in [5.74, 6) is -0.0791. The number of rotatable bonds is 5. The molecule has 0 spiro atoms. The van der Waals surface area contributed by atoms with Crippen LogP contribution in [0.1, 0.15) is 25.3 Å². The average Bonchev–Trinajstić information content (AvgIpc) is 3.45. The third kappa shape index (κ3) is 4.58. The van der Waals surface area contributed by atoms with E-state index in [1.807, 2.05) is 4.90 Å². The largest absolute Gasteiger partial charge is 0.445 e. The number of carbonyl (C=O) groups excluding carboxylic acids is 3. The minimum atomic E-state index is -0.652. The first kappa shape index (κ1) is 22.5. The fraction of sp³-hybridized carbons (Fsp3) is 0.571. The van der Waals surface area contributed by atoms with Gasteiger partial charge in [-0.3, -0.25) is 29.5 Å². The Kier molecular flexibility index (Phi) is 6.38. The molecule has 1 aromatic carbocycles.